The van der Waals surface area contributed by atoms with Crippen molar-refractivity contribution in [2.75, 3.05) is 37.7 Å². The number of aryl methyl sites for hydroxylation is 1. The number of aromatic nitrogens is 2. The van der Waals surface area contributed by atoms with Crippen LogP contribution in [0.3, 0.4) is 0 Å². The van der Waals surface area contributed by atoms with E-state index in [9.17, 15) is 9.59 Å². The molecule has 0 spiro atoms. The van der Waals surface area contributed by atoms with Crippen LogP contribution in [0.25, 0.3) is 5.69 Å². The predicted molar refractivity (Wildman–Crippen MR) is 120 cm³/mol. The van der Waals surface area contributed by atoms with Crippen molar-refractivity contribution in [1.82, 2.24) is 14.7 Å². The highest BCUT2D eigenvalue weighted by atomic mass is 35.5. The van der Waals surface area contributed by atoms with Gasteiger partial charge in [0.15, 0.2) is 6.61 Å². The van der Waals surface area contributed by atoms with Crippen LogP contribution >= 0.6 is 11.6 Å². The second-order valence-corrected chi connectivity index (χ2v) is 7.82. The van der Waals surface area contributed by atoms with Gasteiger partial charge in [-0.3, -0.25) is 9.59 Å². The van der Waals surface area contributed by atoms with Gasteiger partial charge in [0.2, 0.25) is 0 Å². The fraction of sp³-hybridized carbons (Fsp3) is 0.261. The molecule has 8 heteroatoms. The lowest BCUT2D eigenvalue weighted by molar-refractivity contribution is -0.133. The van der Waals surface area contributed by atoms with Crippen molar-refractivity contribution in [1.29, 1.82) is 0 Å². The van der Waals surface area contributed by atoms with E-state index in [0.29, 0.717) is 42.8 Å². The van der Waals surface area contributed by atoms with Crippen molar-refractivity contribution in [3.8, 4) is 11.4 Å². The van der Waals surface area contributed by atoms with Crippen LogP contribution in [0.4, 0.5) is 5.82 Å². The van der Waals surface area contributed by atoms with Crippen molar-refractivity contribution in [2.45, 2.75) is 6.92 Å². The fourth-order valence-corrected chi connectivity index (χ4v) is 3.52. The van der Waals surface area contributed by atoms with Crippen LogP contribution in [0.15, 0.2) is 65.5 Å². The van der Waals surface area contributed by atoms with E-state index < -0.39 is 0 Å². The van der Waals surface area contributed by atoms with E-state index in [2.05, 4.69) is 10.00 Å². The molecule has 0 N–H and O–H groups in total. The van der Waals surface area contributed by atoms with E-state index in [0.717, 1.165) is 11.3 Å². The number of ether oxygens (including phenoxy) is 1. The summed E-state index contributed by atoms with van der Waals surface area (Å²) in [6.45, 7) is 4.37. The molecule has 7 nitrogen and oxygen atoms in total. The number of anilines is 1. The van der Waals surface area contributed by atoms with Gasteiger partial charge in [-0.25, -0.2) is 0 Å². The third-order valence-electron chi connectivity index (χ3n) is 5.20. The lowest BCUT2D eigenvalue weighted by Crippen LogP contribution is -2.50. The topological polar surface area (TPSA) is 67.7 Å². The molecule has 2 heterocycles. The molecule has 1 saturated heterocycles. The Morgan fingerprint density at radius 1 is 0.968 bits per heavy atom. The van der Waals surface area contributed by atoms with E-state index >= 15 is 0 Å². The Bertz CT molecular complexity index is 1100. The number of nitrogens with zero attached hydrogens (tertiary/aromatic N) is 4. The first kappa shape index (κ1) is 20.9. The molecule has 0 atom stereocenters. The van der Waals surface area contributed by atoms with Crippen molar-refractivity contribution in [3.63, 3.8) is 0 Å². The quantitative estimate of drug-likeness (QED) is 0.612. The van der Waals surface area contributed by atoms with Gasteiger partial charge >= 0.3 is 0 Å². The van der Waals surface area contributed by atoms with E-state index in [1.54, 1.807) is 35.2 Å². The van der Waals surface area contributed by atoms with E-state index in [1.165, 1.54) is 10.7 Å². The Labute approximate surface area is 185 Å². The van der Waals surface area contributed by atoms with Gasteiger partial charge in [0.05, 0.1) is 5.69 Å². The maximum atomic E-state index is 12.5. The summed E-state index contributed by atoms with van der Waals surface area (Å²) in [7, 11) is 0. The van der Waals surface area contributed by atoms with Gasteiger partial charge in [-0.05, 0) is 49.4 Å². The van der Waals surface area contributed by atoms with Crippen molar-refractivity contribution >= 4 is 23.3 Å². The standard InChI is InChI=1S/C23H23ClN4O3/c1-17-2-6-19(7-3-17)28-22(29)11-10-21(25-28)26-12-14-27(15-13-26)23(30)16-31-20-8-4-18(24)5-9-20/h2-11H,12-16H2,1H3. The number of hydrogen-bond donors (Lipinski definition) is 0. The average Bonchev–Trinajstić information content (AvgIpc) is 2.80. The Kier molecular flexibility index (Phi) is 6.23. The molecule has 0 saturated carbocycles. The summed E-state index contributed by atoms with van der Waals surface area (Å²) in [6, 6.07) is 17.8. The summed E-state index contributed by atoms with van der Waals surface area (Å²) in [5.41, 5.74) is 1.67. The largest absolute Gasteiger partial charge is 0.484 e. The Morgan fingerprint density at radius 3 is 2.32 bits per heavy atom. The lowest BCUT2D eigenvalue weighted by atomic mass is 10.2. The van der Waals surface area contributed by atoms with Gasteiger partial charge in [-0.15, -0.1) is 5.10 Å². The lowest BCUT2D eigenvalue weighted by Gasteiger charge is -2.35. The molecule has 3 aromatic rings. The Morgan fingerprint density at radius 2 is 1.65 bits per heavy atom. The Hall–Kier alpha value is -3.32. The first-order valence-electron chi connectivity index (χ1n) is 10.1. The first-order valence-corrected chi connectivity index (χ1v) is 10.5. The molecule has 160 valence electrons. The second kappa shape index (κ2) is 9.22. The third-order valence-corrected chi connectivity index (χ3v) is 5.45. The van der Waals surface area contributed by atoms with Crippen molar-refractivity contribution in [2.24, 2.45) is 0 Å². The van der Waals surface area contributed by atoms with E-state index in [4.69, 9.17) is 16.3 Å². The van der Waals surface area contributed by atoms with Gasteiger partial charge in [0, 0.05) is 37.3 Å². The second-order valence-electron chi connectivity index (χ2n) is 7.39. The minimum absolute atomic E-state index is 0.0157. The summed E-state index contributed by atoms with van der Waals surface area (Å²) in [4.78, 5) is 28.6. The number of benzene rings is 2. The maximum Gasteiger partial charge on any atom is 0.271 e. The molecule has 0 radical (unpaired) electrons. The third kappa shape index (κ3) is 5.06. The molecule has 1 amide bonds. The molecule has 0 aliphatic carbocycles. The minimum Gasteiger partial charge on any atom is -0.484 e. The number of halogens is 1. The van der Waals surface area contributed by atoms with Gasteiger partial charge in [-0.2, -0.15) is 4.68 Å². The van der Waals surface area contributed by atoms with Gasteiger partial charge < -0.3 is 14.5 Å². The molecule has 4 rings (SSSR count). The first-order chi connectivity index (χ1) is 15.0. The summed E-state index contributed by atoms with van der Waals surface area (Å²) in [5, 5.41) is 5.16. The van der Waals surface area contributed by atoms with E-state index in [1.807, 2.05) is 31.2 Å². The SMILES string of the molecule is Cc1ccc(-n2nc(N3CCN(C(=O)COc4ccc(Cl)cc4)CC3)ccc2=O)cc1. The highest BCUT2D eigenvalue weighted by molar-refractivity contribution is 6.30. The zero-order chi connectivity index (χ0) is 21.8. The summed E-state index contributed by atoms with van der Waals surface area (Å²) in [6.07, 6.45) is 0. The molecule has 0 bridgehead atoms. The van der Waals surface area contributed by atoms with Crippen LogP contribution in [-0.2, 0) is 4.79 Å². The molecule has 1 fully saturated rings. The number of carbonyl (C=O) groups excluding carboxylic acids is 1. The number of carbonyl (C=O) groups is 1. The number of amides is 1. The van der Waals surface area contributed by atoms with Gasteiger partial charge in [-0.1, -0.05) is 29.3 Å². The molecular formula is C23H23ClN4O3. The number of rotatable bonds is 5. The van der Waals surface area contributed by atoms with Crippen LogP contribution in [0.1, 0.15) is 5.56 Å². The zero-order valence-electron chi connectivity index (χ0n) is 17.2. The van der Waals surface area contributed by atoms with Gasteiger partial charge in [0.1, 0.15) is 11.6 Å². The number of hydrogen-bond acceptors (Lipinski definition) is 5. The van der Waals surface area contributed by atoms with Gasteiger partial charge in [0.25, 0.3) is 11.5 Å². The monoisotopic (exact) mass is 438 g/mol. The molecule has 1 aliphatic rings. The van der Waals surface area contributed by atoms with Crippen LogP contribution in [-0.4, -0.2) is 53.4 Å². The van der Waals surface area contributed by atoms with Crippen molar-refractivity contribution in [3.05, 3.63) is 81.6 Å². The molecule has 31 heavy (non-hydrogen) atoms. The fourth-order valence-electron chi connectivity index (χ4n) is 3.39. The van der Waals surface area contributed by atoms with Crippen LogP contribution < -0.4 is 15.2 Å². The average molecular weight is 439 g/mol. The molecule has 0 unspecified atom stereocenters. The normalized spacial score (nSPS) is 13.9. The maximum absolute atomic E-state index is 12.5. The zero-order valence-corrected chi connectivity index (χ0v) is 18.0. The molecule has 1 aliphatic heterocycles. The predicted octanol–water partition coefficient (Wildman–Crippen LogP) is 2.92. The number of piperazine rings is 1. The highest BCUT2D eigenvalue weighted by Gasteiger charge is 2.22. The van der Waals surface area contributed by atoms with Crippen LogP contribution in [0, 0.1) is 6.92 Å². The van der Waals surface area contributed by atoms with Crippen molar-refractivity contribution < 1.29 is 9.53 Å². The summed E-state index contributed by atoms with van der Waals surface area (Å²) in [5.74, 6) is 1.26. The smallest absolute Gasteiger partial charge is 0.271 e. The minimum atomic E-state index is -0.180. The molecule has 2 aromatic carbocycles. The summed E-state index contributed by atoms with van der Waals surface area (Å²) < 4.78 is 6.97. The van der Waals surface area contributed by atoms with Crippen LogP contribution in [0.2, 0.25) is 5.02 Å². The molecule has 1 aromatic heterocycles. The molecular weight excluding hydrogens is 416 g/mol. The Balaban J connectivity index is 1.36. The van der Waals surface area contributed by atoms with Crippen LogP contribution in [0.5, 0.6) is 5.75 Å². The van der Waals surface area contributed by atoms with E-state index in [-0.39, 0.29) is 18.1 Å². The summed E-state index contributed by atoms with van der Waals surface area (Å²) >= 11 is 5.86. The highest BCUT2D eigenvalue weighted by Crippen LogP contribution is 2.17.